The molecular formula is C14H20N2O4. The Kier molecular flexibility index (Phi) is 4.57. The molecule has 110 valence electrons. The fourth-order valence-electron chi connectivity index (χ4n) is 2.50. The number of aliphatic hydroxyl groups is 2. The summed E-state index contributed by atoms with van der Waals surface area (Å²) in [7, 11) is 0. The topological polar surface area (TPSA) is 86.8 Å². The first kappa shape index (κ1) is 14.7. The van der Waals surface area contributed by atoms with E-state index in [0.29, 0.717) is 17.8 Å². The summed E-state index contributed by atoms with van der Waals surface area (Å²) in [5.74, 6) is 0. The van der Waals surface area contributed by atoms with Gasteiger partial charge in [0.2, 0.25) is 0 Å². The van der Waals surface area contributed by atoms with E-state index in [-0.39, 0.29) is 18.3 Å². The second kappa shape index (κ2) is 6.19. The van der Waals surface area contributed by atoms with Gasteiger partial charge in [0.05, 0.1) is 17.6 Å². The molecule has 1 unspecified atom stereocenters. The van der Waals surface area contributed by atoms with E-state index in [9.17, 15) is 20.3 Å². The second-order valence-electron chi connectivity index (χ2n) is 5.18. The molecule has 0 saturated heterocycles. The molecule has 0 spiro atoms. The maximum Gasteiger partial charge on any atom is 0.292 e. The molecule has 6 heteroatoms. The van der Waals surface area contributed by atoms with Gasteiger partial charge in [-0.1, -0.05) is 6.07 Å². The van der Waals surface area contributed by atoms with Gasteiger partial charge in [0.15, 0.2) is 0 Å². The summed E-state index contributed by atoms with van der Waals surface area (Å²) in [6.45, 7) is 1.93. The van der Waals surface area contributed by atoms with Crippen LogP contribution in [0.3, 0.4) is 0 Å². The Bertz CT molecular complexity index is 486. The lowest BCUT2D eigenvalue weighted by molar-refractivity contribution is -0.384. The van der Waals surface area contributed by atoms with Crippen LogP contribution in [0.1, 0.15) is 37.9 Å². The lowest BCUT2D eigenvalue weighted by Gasteiger charge is -2.38. The summed E-state index contributed by atoms with van der Waals surface area (Å²) in [4.78, 5) is 12.8. The zero-order valence-electron chi connectivity index (χ0n) is 11.5. The van der Waals surface area contributed by atoms with Crippen molar-refractivity contribution in [1.82, 2.24) is 0 Å². The van der Waals surface area contributed by atoms with Crippen LogP contribution in [0.4, 0.5) is 11.4 Å². The predicted octanol–water partition coefficient (Wildman–Crippen LogP) is 2.00. The number of hydrogen-bond donors (Lipinski definition) is 2. The fourth-order valence-corrected chi connectivity index (χ4v) is 2.50. The SMILES string of the molecule is CC(O)c1ccc(N(CCO)C2CCC2)c([N+](=O)[O-])c1. The maximum atomic E-state index is 11.3. The molecule has 0 amide bonds. The van der Waals surface area contributed by atoms with Crippen molar-refractivity contribution in [3.8, 4) is 0 Å². The van der Waals surface area contributed by atoms with Crippen molar-refractivity contribution in [2.24, 2.45) is 0 Å². The zero-order chi connectivity index (χ0) is 14.7. The Labute approximate surface area is 117 Å². The first-order valence-corrected chi connectivity index (χ1v) is 6.88. The van der Waals surface area contributed by atoms with Crippen LogP contribution in [0, 0.1) is 10.1 Å². The smallest absolute Gasteiger partial charge is 0.292 e. The third-order valence-corrected chi connectivity index (χ3v) is 3.84. The molecule has 1 aliphatic carbocycles. The minimum Gasteiger partial charge on any atom is -0.395 e. The van der Waals surface area contributed by atoms with E-state index in [1.165, 1.54) is 6.07 Å². The minimum atomic E-state index is -0.738. The van der Waals surface area contributed by atoms with E-state index in [4.69, 9.17) is 0 Å². The van der Waals surface area contributed by atoms with E-state index in [1.54, 1.807) is 19.1 Å². The molecule has 1 saturated carbocycles. The van der Waals surface area contributed by atoms with Crippen LogP contribution in [-0.2, 0) is 0 Å². The van der Waals surface area contributed by atoms with E-state index in [1.807, 2.05) is 4.90 Å². The summed E-state index contributed by atoms with van der Waals surface area (Å²) in [5.41, 5.74) is 1.04. The first-order valence-electron chi connectivity index (χ1n) is 6.88. The van der Waals surface area contributed by atoms with Crippen molar-refractivity contribution in [3.63, 3.8) is 0 Å². The van der Waals surface area contributed by atoms with Gasteiger partial charge >= 0.3 is 0 Å². The van der Waals surface area contributed by atoms with Crippen LogP contribution in [-0.4, -0.2) is 34.3 Å². The van der Waals surface area contributed by atoms with Gasteiger partial charge in [0, 0.05) is 18.7 Å². The number of nitro groups is 1. The van der Waals surface area contributed by atoms with Crippen molar-refractivity contribution in [3.05, 3.63) is 33.9 Å². The Balaban J connectivity index is 2.39. The normalized spacial score (nSPS) is 16.6. The summed E-state index contributed by atoms with van der Waals surface area (Å²) >= 11 is 0. The summed E-state index contributed by atoms with van der Waals surface area (Å²) in [6, 6.07) is 5.06. The highest BCUT2D eigenvalue weighted by atomic mass is 16.6. The van der Waals surface area contributed by atoms with E-state index < -0.39 is 11.0 Å². The molecule has 6 nitrogen and oxygen atoms in total. The minimum absolute atomic E-state index is 0.0104. The molecule has 0 radical (unpaired) electrons. The maximum absolute atomic E-state index is 11.3. The number of nitrogens with zero attached hydrogens (tertiary/aromatic N) is 2. The summed E-state index contributed by atoms with van der Waals surface area (Å²) in [6.07, 6.45) is 2.37. The highest BCUT2D eigenvalue weighted by Gasteiger charge is 2.29. The average molecular weight is 280 g/mol. The van der Waals surface area contributed by atoms with Crippen LogP contribution >= 0.6 is 0 Å². The van der Waals surface area contributed by atoms with Gasteiger partial charge in [0.25, 0.3) is 5.69 Å². The highest BCUT2D eigenvalue weighted by Crippen LogP contribution is 2.36. The second-order valence-corrected chi connectivity index (χ2v) is 5.18. The van der Waals surface area contributed by atoms with Crippen molar-refractivity contribution in [2.75, 3.05) is 18.1 Å². The van der Waals surface area contributed by atoms with Crippen molar-refractivity contribution < 1.29 is 15.1 Å². The Hall–Kier alpha value is -1.66. The number of rotatable bonds is 6. The molecule has 0 aliphatic heterocycles. The van der Waals surface area contributed by atoms with Gasteiger partial charge < -0.3 is 15.1 Å². The van der Waals surface area contributed by atoms with Crippen LogP contribution in [0.2, 0.25) is 0 Å². The fraction of sp³-hybridized carbons (Fsp3) is 0.571. The van der Waals surface area contributed by atoms with Gasteiger partial charge in [-0.05, 0) is 37.8 Å². The largest absolute Gasteiger partial charge is 0.395 e. The van der Waals surface area contributed by atoms with Crippen molar-refractivity contribution >= 4 is 11.4 Å². The van der Waals surface area contributed by atoms with Gasteiger partial charge in [-0.2, -0.15) is 0 Å². The molecule has 2 rings (SSSR count). The number of anilines is 1. The predicted molar refractivity (Wildman–Crippen MR) is 75.8 cm³/mol. The molecule has 0 aromatic heterocycles. The standard InChI is InChI=1S/C14H20N2O4/c1-10(18)11-5-6-13(14(9-11)16(19)20)15(7-8-17)12-3-2-4-12/h5-6,9-10,12,17-18H,2-4,7-8H2,1H3. The molecule has 1 fully saturated rings. The Morgan fingerprint density at radius 2 is 2.20 bits per heavy atom. The third-order valence-electron chi connectivity index (χ3n) is 3.84. The number of nitro benzene ring substituents is 1. The number of aliphatic hydroxyl groups excluding tert-OH is 2. The van der Waals surface area contributed by atoms with Crippen molar-refractivity contribution in [1.29, 1.82) is 0 Å². The van der Waals surface area contributed by atoms with Gasteiger partial charge in [0.1, 0.15) is 5.69 Å². The Morgan fingerprint density at radius 1 is 1.50 bits per heavy atom. The lowest BCUT2D eigenvalue weighted by atomic mass is 9.90. The Morgan fingerprint density at radius 3 is 2.65 bits per heavy atom. The van der Waals surface area contributed by atoms with Gasteiger partial charge in [-0.3, -0.25) is 10.1 Å². The molecule has 1 aliphatic rings. The van der Waals surface area contributed by atoms with Crippen LogP contribution in [0.15, 0.2) is 18.2 Å². The molecule has 1 aromatic rings. The molecule has 2 N–H and O–H groups in total. The molecule has 0 heterocycles. The quantitative estimate of drug-likeness (QED) is 0.614. The van der Waals surface area contributed by atoms with E-state index >= 15 is 0 Å². The summed E-state index contributed by atoms with van der Waals surface area (Å²) < 4.78 is 0. The average Bonchev–Trinajstić information content (AvgIpc) is 2.35. The van der Waals surface area contributed by atoms with Gasteiger partial charge in [-0.15, -0.1) is 0 Å². The highest BCUT2D eigenvalue weighted by molar-refractivity contribution is 5.65. The van der Waals surface area contributed by atoms with E-state index in [0.717, 1.165) is 19.3 Å². The monoisotopic (exact) mass is 280 g/mol. The van der Waals surface area contributed by atoms with E-state index in [2.05, 4.69) is 0 Å². The molecular weight excluding hydrogens is 260 g/mol. The number of benzene rings is 1. The van der Waals surface area contributed by atoms with Crippen molar-refractivity contribution in [2.45, 2.75) is 38.3 Å². The molecule has 1 aromatic carbocycles. The van der Waals surface area contributed by atoms with Crippen LogP contribution in [0.25, 0.3) is 0 Å². The van der Waals surface area contributed by atoms with Crippen LogP contribution < -0.4 is 4.90 Å². The molecule has 20 heavy (non-hydrogen) atoms. The molecule has 0 bridgehead atoms. The number of hydrogen-bond acceptors (Lipinski definition) is 5. The summed E-state index contributed by atoms with van der Waals surface area (Å²) in [5, 5.41) is 30.0. The van der Waals surface area contributed by atoms with Crippen LogP contribution in [0.5, 0.6) is 0 Å². The first-order chi connectivity index (χ1) is 9.54. The lowest BCUT2D eigenvalue weighted by Crippen LogP contribution is -2.42. The zero-order valence-corrected chi connectivity index (χ0v) is 11.5. The molecule has 1 atom stereocenters. The van der Waals surface area contributed by atoms with Gasteiger partial charge in [-0.25, -0.2) is 0 Å². The third kappa shape index (κ3) is 2.91.